The highest BCUT2D eigenvalue weighted by Crippen LogP contribution is 1.73. The van der Waals surface area contributed by atoms with Crippen LogP contribution in [0.3, 0.4) is 0 Å². The summed E-state index contributed by atoms with van der Waals surface area (Å²) in [6.07, 6.45) is 2.95. The molecule has 1 rings (SSSR count). The van der Waals surface area contributed by atoms with Gasteiger partial charge in [-0.25, -0.2) is 4.98 Å². The maximum Gasteiger partial charge on any atom is 0.253 e. The minimum absolute atomic E-state index is 0.0551. The number of hydrogen-bond donors (Lipinski definition) is 1. The van der Waals surface area contributed by atoms with Gasteiger partial charge < -0.3 is 5.73 Å². The number of aromatic nitrogens is 2. The Morgan fingerprint density at radius 2 is 2.50 bits per heavy atom. The molecule has 0 spiro atoms. The third-order valence-electron chi connectivity index (χ3n) is 1.16. The molecule has 1 aromatic heterocycles. The van der Waals surface area contributed by atoms with Crippen molar-refractivity contribution in [1.29, 1.82) is 0 Å². The Balaban J connectivity index is 2.92. The zero-order valence-corrected chi connectivity index (χ0v) is 5.53. The van der Waals surface area contributed by atoms with Crippen LogP contribution in [0.2, 0.25) is 0 Å². The van der Waals surface area contributed by atoms with Crippen LogP contribution in [-0.4, -0.2) is 16.1 Å². The van der Waals surface area contributed by atoms with Gasteiger partial charge in [-0.05, 0) is 0 Å². The molecule has 0 aliphatic heterocycles. The molecule has 0 bridgehead atoms. The van der Waals surface area contributed by atoms with Crippen LogP contribution >= 0.6 is 0 Å². The molecule has 1 heterocycles. The van der Waals surface area contributed by atoms with Crippen molar-refractivity contribution in [2.75, 3.05) is 6.54 Å². The Labute approximate surface area is 58.3 Å². The summed E-state index contributed by atoms with van der Waals surface area (Å²) in [5.74, 6) is 0. The van der Waals surface area contributed by atoms with Gasteiger partial charge in [-0.3, -0.25) is 9.36 Å². The van der Waals surface area contributed by atoms with E-state index in [-0.39, 0.29) is 5.56 Å². The van der Waals surface area contributed by atoms with Crippen molar-refractivity contribution >= 4 is 0 Å². The van der Waals surface area contributed by atoms with Crippen molar-refractivity contribution in [2.24, 2.45) is 5.73 Å². The predicted octanol–water partition coefficient (Wildman–Crippen LogP) is -0.798. The third-order valence-corrected chi connectivity index (χ3v) is 1.16. The molecule has 0 fully saturated rings. The molecule has 0 unspecified atom stereocenters. The van der Waals surface area contributed by atoms with Gasteiger partial charge in [-0.1, -0.05) is 0 Å². The summed E-state index contributed by atoms with van der Waals surface area (Å²) in [5, 5.41) is 0. The van der Waals surface area contributed by atoms with E-state index in [0.717, 1.165) is 0 Å². The lowest BCUT2D eigenvalue weighted by Gasteiger charge is -1.98. The Hall–Kier alpha value is -1.16. The van der Waals surface area contributed by atoms with Crippen molar-refractivity contribution in [3.05, 3.63) is 28.9 Å². The average molecular weight is 139 g/mol. The number of nitrogens with two attached hydrogens (primary N) is 1. The van der Waals surface area contributed by atoms with Gasteiger partial charge >= 0.3 is 0 Å². The van der Waals surface area contributed by atoms with Gasteiger partial charge in [-0.15, -0.1) is 0 Å². The van der Waals surface area contributed by atoms with Crippen LogP contribution in [0.5, 0.6) is 0 Å². The highest BCUT2D eigenvalue weighted by molar-refractivity contribution is 4.81. The summed E-state index contributed by atoms with van der Waals surface area (Å²) >= 11 is 0. The van der Waals surface area contributed by atoms with E-state index in [1.807, 2.05) is 0 Å². The van der Waals surface area contributed by atoms with Crippen LogP contribution in [0, 0.1) is 0 Å². The summed E-state index contributed by atoms with van der Waals surface area (Å²) in [4.78, 5) is 14.6. The lowest BCUT2D eigenvalue weighted by Crippen LogP contribution is -2.22. The highest BCUT2D eigenvalue weighted by Gasteiger charge is 1.89. The second-order valence-corrected chi connectivity index (χ2v) is 1.90. The molecule has 2 N–H and O–H groups in total. The van der Waals surface area contributed by atoms with E-state index in [1.54, 1.807) is 0 Å². The van der Waals surface area contributed by atoms with Crippen molar-refractivity contribution in [2.45, 2.75) is 6.54 Å². The van der Waals surface area contributed by atoms with Crippen molar-refractivity contribution in [3.63, 3.8) is 0 Å². The summed E-state index contributed by atoms with van der Waals surface area (Å²) in [7, 11) is 0. The minimum Gasteiger partial charge on any atom is -0.329 e. The standard InChI is InChI=1S/C6H9N3O/c7-2-4-9-5-8-3-1-6(9)10/h1,3,5H,2,4,7H2. The van der Waals surface area contributed by atoms with Crippen molar-refractivity contribution in [3.8, 4) is 0 Å². The van der Waals surface area contributed by atoms with Crippen LogP contribution in [0.25, 0.3) is 0 Å². The number of nitrogens with zero attached hydrogens (tertiary/aromatic N) is 2. The number of hydrogen-bond acceptors (Lipinski definition) is 3. The second kappa shape index (κ2) is 3.12. The molecule has 0 aromatic carbocycles. The predicted molar refractivity (Wildman–Crippen MR) is 37.6 cm³/mol. The van der Waals surface area contributed by atoms with E-state index in [2.05, 4.69) is 4.98 Å². The Morgan fingerprint density at radius 3 is 3.10 bits per heavy atom. The zero-order valence-electron chi connectivity index (χ0n) is 5.53. The Kier molecular flexibility index (Phi) is 2.17. The van der Waals surface area contributed by atoms with Gasteiger partial charge in [0.2, 0.25) is 0 Å². The fourth-order valence-corrected chi connectivity index (χ4v) is 0.685. The van der Waals surface area contributed by atoms with Crippen LogP contribution < -0.4 is 11.3 Å². The molecular weight excluding hydrogens is 130 g/mol. The summed E-state index contributed by atoms with van der Waals surface area (Å²) in [6, 6.07) is 1.41. The summed E-state index contributed by atoms with van der Waals surface area (Å²) < 4.78 is 1.47. The molecule has 0 radical (unpaired) electrons. The van der Waals surface area contributed by atoms with Crippen LogP contribution in [0.15, 0.2) is 23.4 Å². The van der Waals surface area contributed by atoms with Crippen molar-refractivity contribution in [1.82, 2.24) is 9.55 Å². The molecule has 0 saturated carbocycles. The lowest BCUT2D eigenvalue weighted by atomic mass is 10.6. The monoisotopic (exact) mass is 139 g/mol. The maximum absolute atomic E-state index is 10.9. The van der Waals surface area contributed by atoms with Crippen LogP contribution in [0.4, 0.5) is 0 Å². The summed E-state index contributed by atoms with van der Waals surface area (Å²) in [5.41, 5.74) is 5.19. The highest BCUT2D eigenvalue weighted by atomic mass is 16.1. The first-order chi connectivity index (χ1) is 4.84. The smallest absolute Gasteiger partial charge is 0.253 e. The quantitative estimate of drug-likeness (QED) is 0.583. The largest absolute Gasteiger partial charge is 0.329 e. The number of rotatable bonds is 2. The van der Waals surface area contributed by atoms with Gasteiger partial charge in [0.1, 0.15) is 0 Å². The fourth-order valence-electron chi connectivity index (χ4n) is 0.685. The van der Waals surface area contributed by atoms with E-state index in [9.17, 15) is 4.79 Å². The second-order valence-electron chi connectivity index (χ2n) is 1.90. The lowest BCUT2D eigenvalue weighted by molar-refractivity contribution is 0.665. The Morgan fingerprint density at radius 1 is 1.70 bits per heavy atom. The molecule has 4 nitrogen and oxygen atoms in total. The topological polar surface area (TPSA) is 60.9 Å². The van der Waals surface area contributed by atoms with Gasteiger partial charge in [-0.2, -0.15) is 0 Å². The molecule has 4 heteroatoms. The molecule has 1 aromatic rings. The molecule has 54 valence electrons. The van der Waals surface area contributed by atoms with Crippen LogP contribution in [0.1, 0.15) is 0 Å². The SMILES string of the molecule is NCCn1cnccc1=O. The van der Waals surface area contributed by atoms with E-state index in [1.165, 1.54) is 23.2 Å². The van der Waals surface area contributed by atoms with E-state index in [0.29, 0.717) is 13.1 Å². The molecular formula is C6H9N3O. The molecule has 0 aliphatic carbocycles. The van der Waals surface area contributed by atoms with Crippen molar-refractivity contribution < 1.29 is 0 Å². The van der Waals surface area contributed by atoms with Crippen LogP contribution in [-0.2, 0) is 6.54 Å². The van der Waals surface area contributed by atoms with Gasteiger partial charge in [0.15, 0.2) is 0 Å². The molecule has 0 aliphatic rings. The summed E-state index contributed by atoms with van der Waals surface area (Å²) in [6.45, 7) is 0.998. The molecule has 10 heavy (non-hydrogen) atoms. The first-order valence-electron chi connectivity index (χ1n) is 3.05. The van der Waals surface area contributed by atoms with E-state index in [4.69, 9.17) is 5.73 Å². The zero-order chi connectivity index (χ0) is 7.40. The van der Waals surface area contributed by atoms with Gasteiger partial charge in [0, 0.05) is 25.4 Å². The molecule has 0 amide bonds. The van der Waals surface area contributed by atoms with Gasteiger partial charge in [0.25, 0.3) is 5.56 Å². The molecule has 0 atom stereocenters. The maximum atomic E-state index is 10.9. The Bertz CT molecular complexity index is 255. The third kappa shape index (κ3) is 1.41. The average Bonchev–Trinajstić information content (AvgIpc) is 1.94. The van der Waals surface area contributed by atoms with E-state index < -0.39 is 0 Å². The van der Waals surface area contributed by atoms with E-state index >= 15 is 0 Å². The first kappa shape index (κ1) is 6.95. The fraction of sp³-hybridized carbons (Fsp3) is 0.333. The minimum atomic E-state index is -0.0551. The first-order valence-corrected chi connectivity index (χ1v) is 3.05. The normalized spacial score (nSPS) is 9.70. The molecule has 0 saturated heterocycles. The van der Waals surface area contributed by atoms with Gasteiger partial charge in [0.05, 0.1) is 6.33 Å².